The third-order valence-electron chi connectivity index (χ3n) is 6.27. The lowest BCUT2D eigenvalue weighted by atomic mass is 9.87. The number of carbonyl (C=O) groups excluding carboxylic acids is 1. The van der Waals surface area contributed by atoms with E-state index in [1.54, 1.807) is 10.6 Å². The van der Waals surface area contributed by atoms with E-state index in [-0.39, 0.29) is 35.5 Å². The second-order valence-corrected chi connectivity index (χ2v) is 7.78. The molecule has 2 fully saturated rings. The zero-order valence-corrected chi connectivity index (χ0v) is 17.5. The summed E-state index contributed by atoms with van der Waals surface area (Å²) in [6.45, 7) is 9.07. The molecule has 0 bridgehead atoms. The number of aryl methyl sites for hydroxylation is 2. The van der Waals surface area contributed by atoms with E-state index in [2.05, 4.69) is 24.4 Å². The summed E-state index contributed by atoms with van der Waals surface area (Å²) in [5.41, 5.74) is 3.39. The molecule has 2 aliphatic heterocycles. The van der Waals surface area contributed by atoms with Crippen LogP contribution < -0.4 is 10.9 Å². The maximum absolute atomic E-state index is 13.5. The van der Waals surface area contributed by atoms with Crippen LogP contribution in [0.25, 0.3) is 0 Å². The molecule has 3 heterocycles. The molecule has 2 saturated heterocycles. The minimum Gasteiger partial charge on any atom is -0.331 e. The van der Waals surface area contributed by atoms with Crippen LogP contribution in [0.1, 0.15) is 40.1 Å². The Morgan fingerprint density at radius 3 is 2.61 bits per heavy atom. The predicted molar refractivity (Wildman–Crippen MR) is 113 cm³/mol. The first-order chi connectivity index (χ1) is 13.0. The van der Waals surface area contributed by atoms with Gasteiger partial charge in [0.1, 0.15) is 5.56 Å². The van der Waals surface area contributed by atoms with Gasteiger partial charge in [0.15, 0.2) is 0 Å². The molecule has 4 rings (SSSR count). The molecule has 150 valence electrons. The number of likely N-dealkylation sites (tertiary alicyclic amines) is 1. The van der Waals surface area contributed by atoms with Crippen molar-refractivity contribution in [1.29, 1.82) is 0 Å². The molecule has 28 heavy (non-hydrogen) atoms. The molecule has 2 aromatic rings. The zero-order valence-electron chi connectivity index (χ0n) is 16.6. The summed E-state index contributed by atoms with van der Waals surface area (Å²) in [7, 11) is 0. The average molecular weight is 402 g/mol. The van der Waals surface area contributed by atoms with Crippen LogP contribution in [0.5, 0.6) is 0 Å². The number of nitrogens with one attached hydrogen (secondary N) is 1. The van der Waals surface area contributed by atoms with Gasteiger partial charge in [-0.15, -0.1) is 12.4 Å². The Morgan fingerprint density at radius 1 is 1.14 bits per heavy atom. The van der Waals surface area contributed by atoms with Gasteiger partial charge < -0.3 is 14.8 Å². The van der Waals surface area contributed by atoms with Crippen molar-refractivity contribution < 1.29 is 4.79 Å². The van der Waals surface area contributed by atoms with E-state index in [9.17, 15) is 9.59 Å². The number of nitrogens with zero attached hydrogens (tertiary/aromatic N) is 2. The summed E-state index contributed by atoms with van der Waals surface area (Å²) in [5, 5.41) is 3.48. The van der Waals surface area contributed by atoms with E-state index in [1.165, 1.54) is 11.1 Å². The van der Waals surface area contributed by atoms with Crippen LogP contribution in [-0.2, 0) is 6.54 Å². The molecule has 0 saturated carbocycles. The van der Waals surface area contributed by atoms with Gasteiger partial charge in [0.25, 0.3) is 11.5 Å². The molecule has 3 atom stereocenters. The quantitative estimate of drug-likeness (QED) is 0.860. The minimum absolute atomic E-state index is 0. The fraction of sp³-hybridized carbons (Fsp3) is 0.455. The number of aromatic nitrogens is 1. The highest BCUT2D eigenvalue weighted by Crippen LogP contribution is 2.44. The number of pyridine rings is 1. The number of rotatable bonds is 3. The van der Waals surface area contributed by atoms with Crippen LogP contribution in [0.2, 0.25) is 0 Å². The summed E-state index contributed by atoms with van der Waals surface area (Å²) >= 11 is 0. The maximum Gasteiger partial charge on any atom is 0.263 e. The number of hydrogen-bond acceptors (Lipinski definition) is 3. The predicted octanol–water partition coefficient (Wildman–Crippen LogP) is 2.94. The number of halogens is 1. The number of amides is 1. The third-order valence-corrected chi connectivity index (χ3v) is 6.27. The van der Waals surface area contributed by atoms with E-state index in [1.807, 2.05) is 36.9 Å². The highest BCUT2D eigenvalue weighted by Gasteiger charge is 2.47. The first kappa shape index (κ1) is 20.6. The fourth-order valence-corrected chi connectivity index (χ4v) is 4.83. The Balaban J connectivity index is 0.00000225. The van der Waals surface area contributed by atoms with Crippen LogP contribution in [0.15, 0.2) is 41.2 Å². The molecule has 1 aromatic carbocycles. The van der Waals surface area contributed by atoms with Gasteiger partial charge >= 0.3 is 0 Å². The van der Waals surface area contributed by atoms with Gasteiger partial charge in [0, 0.05) is 37.8 Å². The number of benzene rings is 1. The third kappa shape index (κ3) is 3.27. The smallest absolute Gasteiger partial charge is 0.263 e. The Bertz CT molecular complexity index is 940. The molecule has 0 aliphatic carbocycles. The molecule has 0 spiro atoms. The Morgan fingerprint density at radius 2 is 1.89 bits per heavy atom. The van der Waals surface area contributed by atoms with Crippen LogP contribution in [0.3, 0.4) is 0 Å². The largest absolute Gasteiger partial charge is 0.331 e. The second kappa shape index (κ2) is 8.10. The summed E-state index contributed by atoms with van der Waals surface area (Å²) in [6, 6.07) is 11.9. The van der Waals surface area contributed by atoms with Gasteiger partial charge in [0.2, 0.25) is 0 Å². The van der Waals surface area contributed by atoms with Crippen LogP contribution in [0.4, 0.5) is 0 Å². The Labute approximate surface area is 172 Å². The first-order valence-electron chi connectivity index (χ1n) is 9.80. The topological polar surface area (TPSA) is 54.3 Å². The Hall–Kier alpha value is -2.11. The van der Waals surface area contributed by atoms with Crippen molar-refractivity contribution in [3.05, 3.63) is 69.1 Å². The van der Waals surface area contributed by atoms with E-state index in [0.29, 0.717) is 24.9 Å². The minimum atomic E-state index is -0.179. The molecule has 5 nitrogen and oxygen atoms in total. The van der Waals surface area contributed by atoms with E-state index in [0.717, 1.165) is 18.8 Å². The molecule has 0 unspecified atom stereocenters. The summed E-state index contributed by atoms with van der Waals surface area (Å²) in [6.07, 6.45) is 0. The Kier molecular flexibility index (Phi) is 5.96. The summed E-state index contributed by atoms with van der Waals surface area (Å²) < 4.78 is 1.68. The van der Waals surface area contributed by atoms with Crippen LogP contribution in [-0.4, -0.2) is 35.0 Å². The molecule has 6 heteroatoms. The molecule has 1 N–H and O–H groups in total. The number of fused-ring (bicyclic) bond motifs is 1. The van der Waals surface area contributed by atoms with Gasteiger partial charge in [-0.3, -0.25) is 9.59 Å². The molecule has 1 aromatic heterocycles. The van der Waals surface area contributed by atoms with E-state index < -0.39 is 0 Å². The van der Waals surface area contributed by atoms with E-state index in [4.69, 9.17) is 0 Å². The van der Waals surface area contributed by atoms with Crippen LogP contribution >= 0.6 is 12.4 Å². The van der Waals surface area contributed by atoms with Gasteiger partial charge in [-0.2, -0.15) is 0 Å². The van der Waals surface area contributed by atoms with Gasteiger partial charge in [-0.1, -0.05) is 24.3 Å². The lowest BCUT2D eigenvalue weighted by Crippen LogP contribution is -2.39. The zero-order chi connectivity index (χ0) is 19.1. The fourth-order valence-electron chi connectivity index (χ4n) is 4.83. The molecule has 0 radical (unpaired) electrons. The van der Waals surface area contributed by atoms with Crippen molar-refractivity contribution in [2.75, 3.05) is 19.6 Å². The van der Waals surface area contributed by atoms with Crippen molar-refractivity contribution >= 4 is 18.3 Å². The number of carbonyl (C=O) groups is 1. The highest BCUT2D eigenvalue weighted by molar-refractivity contribution is 5.94. The van der Waals surface area contributed by atoms with Gasteiger partial charge in [0.05, 0.1) is 6.04 Å². The highest BCUT2D eigenvalue weighted by atomic mass is 35.5. The molecule has 1 amide bonds. The maximum atomic E-state index is 13.5. The molecular weight excluding hydrogens is 374 g/mol. The number of hydrogen-bond donors (Lipinski definition) is 1. The first-order valence-corrected chi connectivity index (χ1v) is 9.80. The van der Waals surface area contributed by atoms with Gasteiger partial charge in [-0.05, 0) is 49.9 Å². The van der Waals surface area contributed by atoms with Crippen molar-refractivity contribution in [3.8, 4) is 0 Å². The average Bonchev–Trinajstić information content (AvgIpc) is 3.23. The molecule has 2 aliphatic rings. The van der Waals surface area contributed by atoms with E-state index >= 15 is 0 Å². The van der Waals surface area contributed by atoms with Crippen molar-refractivity contribution in [1.82, 2.24) is 14.8 Å². The lowest BCUT2D eigenvalue weighted by Gasteiger charge is -2.29. The monoisotopic (exact) mass is 401 g/mol. The second-order valence-electron chi connectivity index (χ2n) is 7.78. The SMILES string of the molecule is CCn1c(C)ccc(C(=O)N2C[C@@H]3CNC[C@@H]3[C@H]2c2ccccc2C)c1=O.Cl. The molecular formula is C22H28ClN3O2. The van der Waals surface area contributed by atoms with Gasteiger partial charge in [-0.25, -0.2) is 0 Å². The summed E-state index contributed by atoms with van der Waals surface area (Å²) in [4.78, 5) is 28.3. The van der Waals surface area contributed by atoms with Crippen molar-refractivity contribution in [2.24, 2.45) is 11.8 Å². The van der Waals surface area contributed by atoms with Crippen molar-refractivity contribution in [3.63, 3.8) is 0 Å². The lowest BCUT2D eigenvalue weighted by molar-refractivity contribution is 0.0711. The van der Waals surface area contributed by atoms with Crippen LogP contribution in [0, 0.1) is 25.7 Å². The summed E-state index contributed by atoms with van der Waals surface area (Å²) in [5.74, 6) is 0.705. The normalized spacial score (nSPS) is 23.4. The standard InChI is InChI=1S/C22H27N3O2.ClH/c1-4-24-15(3)9-10-18(21(24)26)22(27)25-13-16-11-23-12-19(16)20(25)17-8-6-5-7-14(17)2;/h5-10,16,19-20,23H,4,11-13H2,1-3H3;1H/t16-,19-,20+;/m0./s1. The van der Waals surface area contributed by atoms with Crippen molar-refractivity contribution in [2.45, 2.75) is 33.4 Å².